The number of hydrogen-bond donors (Lipinski definition) is 0. The summed E-state index contributed by atoms with van der Waals surface area (Å²) in [6, 6.07) is 0. The molecular formula is C11H22O2Si. The standard InChI is InChI=1S/C11H22O2Si/c1-9-7-8-11(9)14(12-2,13-3)10-5-4-6-10/h9-11H,4-8H2,1-3H3. The maximum atomic E-state index is 5.88. The van der Waals surface area contributed by atoms with Gasteiger partial charge in [-0.05, 0) is 25.2 Å². The predicted molar refractivity (Wildman–Crippen MR) is 59.5 cm³/mol. The van der Waals surface area contributed by atoms with Crippen LogP contribution in [0.15, 0.2) is 0 Å². The Hall–Kier alpha value is 0.137. The van der Waals surface area contributed by atoms with Crippen LogP contribution in [0.1, 0.15) is 39.0 Å². The molecular weight excluding hydrogens is 192 g/mol. The van der Waals surface area contributed by atoms with Gasteiger partial charge in [-0.15, -0.1) is 0 Å². The molecule has 0 aliphatic heterocycles. The molecule has 2 atom stereocenters. The van der Waals surface area contributed by atoms with Gasteiger partial charge in [0.05, 0.1) is 0 Å². The minimum atomic E-state index is -1.84. The summed E-state index contributed by atoms with van der Waals surface area (Å²) in [7, 11) is 1.91. The first-order valence-corrected chi connectivity index (χ1v) is 7.82. The molecule has 2 aliphatic carbocycles. The van der Waals surface area contributed by atoms with Crippen LogP contribution in [-0.4, -0.2) is 22.8 Å². The van der Waals surface area contributed by atoms with Crippen LogP contribution in [0.4, 0.5) is 0 Å². The largest absolute Gasteiger partial charge is 0.397 e. The van der Waals surface area contributed by atoms with E-state index in [4.69, 9.17) is 8.85 Å². The summed E-state index contributed by atoms with van der Waals surface area (Å²) in [5.74, 6) is 0.835. The summed E-state index contributed by atoms with van der Waals surface area (Å²) in [5.41, 5.74) is 1.55. The van der Waals surface area contributed by atoms with E-state index in [1.807, 2.05) is 14.2 Å². The molecule has 2 saturated carbocycles. The Morgan fingerprint density at radius 2 is 1.64 bits per heavy atom. The summed E-state index contributed by atoms with van der Waals surface area (Å²) in [5, 5.41) is 0. The first-order chi connectivity index (χ1) is 6.74. The van der Waals surface area contributed by atoms with E-state index in [1.54, 1.807) is 0 Å². The zero-order valence-corrected chi connectivity index (χ0v) is 10.6. The van der Waals surface area contributed by atoms with Gasteiger partial charge in [0.25, 0.3) is 0 Å². The highest BCUT2D eigenvalue weighted by atomic mass is 28.4. The Balaban J connectivity index is 2.10. The molecule has 0 aromatic carbocycles. The normalized spacial score (nSPS) is 33.6. The van der Waals surface area contributed by atoms with E-state index in [2.05, 4.69) is 6.92 Å². The molecule has 2 nitrogen and oxygen atoms in total. The average molecular weight is 214 g/mol. The topological polar surface area (TPSA) is 18.5 Å². The van der Waals surface area contributed by atoms with Gasteiger partial charge in [-0.2, -0.15) is 0 Å². The van der Waals surface area contributed by atoms with E-state index in [-0.39, 0.29) is 0 Å². The van der Waals surface area contributed by atoms with Crippen molar-refractivity contribution in [1.29, 1.82) is 0 Å². The predicted octanol–water partition coefficient (Wildman–Crippen LogP) is 3.08. The lowest BCUT2D eigenvalue weighted by atomic mass is 9.86. The molecule has 3 heteroatoms. The molecule has 14 heavy (non-hydrogen) atoms. The van der Waals surface area contributed by atoms with Crippen LogP contribution < -0.4 is 0 Å². The van der Waals surface area contributed by atoms with Crippen molar-refractivity contribution >= 4 is 8.56 Å². The highest BCUT2D eigenvalue weighted by molar-refractivity contribution is 6.71. The number of rotatable bonds is 4. The molecule has 2 fully saturated rings. The maximum Gasteiger partial charge on any atom is 0.344 e. The average Bonchev–Trinajstić information content (AvgIpc) is 2.11. The fraction of sp³-hybridized carbons (Fsp3) is 1.00. The van der Waals surface area contributed by atoms with E-state index >= 15 is 0 Å². The lowest BCUT2D eigenvalue weighted by molar-refractivity contribution is 0.155. The van der Waals surface area contributed by atoms with Crippen LogP contribution in [0, 0.1) is 5.92 Å². The monoisotopic (exact) mass is 214 g/mol. The van der Waals surface area contributed by atoms with E-state index in [9.17, 15) is 0 Å². The zero-order valence-electron chi connectivity index (χ0n) is 9.58. The lowest BCUT2D eigenvalue weighted by Crippen LogP contribution is -2.55. The van der Waals surface area contributed by atoms with Gasteiger partial charge in [-0.1, -0.05) is 19.8 Å². The molecule has 0 spiro atoms. The first kappa shape index (κ1) is 10.6. The van der Waals surface area contributed by atoms with Gasteiger partial charge in [0.15, 0.2) is 0 Å². The van der Waals surface area contributed by atoms with Gasteiger partial charge < -0.3 is 8.85 Å². The molecule has 2 rings (SSSR count). The third-order valence-electron chi connectivity index (χ3n) is 4.45. The van der Waals surface area contributed by atoms with Crippen molar-refractivity contribution in [1.82, 2.24) is 0 Å². The molecule has 0 heterocycles. The van der Waals surface area contributed by atoms with Crippen LogP contribution in [0.3, 0.4) is 0 Å². The molecule has 0 aromatic heterocycles. The molecule has 0 bridgehead atoms. The second kappa shape index (κ2) is 3.95. The lowest BCUT2D eigenvalue weighted by Gasteiger charge is -2.50. The third kappa shape index (κ3) is 1.37. The van der Waals surface area contributed by atoms with Crippen LogP contribution in [-0.2, 0) is 8.85 Å². The smallest absolute Gasteiger partial charge is 0.344 e. The first-order valence-electron chi connectivity index (χ1n) is 5.85. The zero-order chi connectivity index (χ0) is 10.2. The van der Waals surface area contributed by atoms with Crippen molar-refractivity contribution in [3.8, 4) is 0 Å². The van der Waals surface area contributed by atoms with Crippen molar-refractivity contribution in [2.24, 2.45) is 5.92 Å². The second-order valence-electron chi connectivity index (χ2n) is 4.92. The summed E-state index contributed by atoms with van der Waals surface area (Å²) < 4.78 is 11.8. The van der Waals surface area contributed by atoms with Gasteiger partial charge in [0, 0.05) is 25.3 Å². The molecule has 0 amide bonds. The molecule has 2 unspecified atom stereocenters. The maximum absolute atomic E-state index is 5.88. The van der Waals surface area contributed by atoms with E-state index < -0.39 is 8.56 Å². The van der Waals surface area contributed by atoms with Crippen LogP contribution >= 0.6 is 0 Å². The van der Waals surface area contributed by atoms with Gasteiger partial charge in [0.1, 0.15) is 0 Å². The minimum Gasteiger partial charge on any atom is -0.397 e. The Labute approximate surface area is 88.2 Å². The quantitative estimate of drug-likeness (QED) is 0.670. The second-order valence-corrected chi connectivity index (χ2v) is 8.74. The van der Waals surface area contributed by atoms with E-state index in [0.717, 1.165) is 17.0 Å². The highest BCUT2D eigenvalue weighted by Crippen LogP contribution is 2.55. The van der Waals surface area contributed by atoms with Crippen molar-refractivity contribution in [3.05, 3.63) is 0 Å². The van der Waals surface area contributed by atoms with Gasteiger partial charge in [-0.3, -0.25) is 0 Å². The molecule has 0 N–H and O–H groups in total. The Kier molecular flexibility index (Phi) is 3.00. The van der Waals surface area contributed by atoms with Crippen molar-refractivity contribution < 1.29 is 8.85 Å². The van der Waals surface area contributed by atoms with Crippen molar-refractivity contribution in [2.75, 3.05) is 14.2 Å². The molecule has 82 valence electrons. The van der Waals surface area contributed by atoms with Crippen molar-refractivity contribution in [3.63, 3.8) is 0 Å². The fourth-order valence-electron chi connectivity index (χ4n) is 3.10. The molecule has 2 aliphatic rings. The molecule has 0 saturated heterocycles. The van der Waals surface area contributed by atoms with Crippen LogP contribution in [0.2, 0.25) is 11.1 Å². The highest BCUT2D eigenvalue weighted by Gasteiger charge is 2.57. The minimum absolute atomic E-state index is 0.766. The van der Waals surface area contributed by atoms with Gasteiger partial charge in [0.2, 0.25) is 0 Å². The third-order valence-corrected chi connectivity index (χ3v) is 9.33. The summed E-state index contributed by atoms with van der Waals surface area (Å²) in [4.78, 5) is 0. The van der Waals surface area contributed by atoms with E-state index in [1.165, 1.54) is 32.1 Å². The Morgan fingerprint density at radius 3 is 1.86 bits per heavy atom. The summed E-state index contributed by atoms with van der Waals surface area (Å²) >= 11 is 0. The SMILES string of the molecule is CO[Si](OC)(C1CCC1)C1CCC1C. The fourth-order valence-corrected chi connectivity index (χ4v) is 7.88. The van der Waals surface area contributed by atoms with Crippen molar-refractivity contribution in [2.45, 2.75) is 50.1 Å². The molecule has 0 aromatic rings. The van der Waals surface area contributed by atoms with Gasteiger partial charge >= 0.3 is 8.56 Å². The Bertz CT molecular complexity index is 199. The molecule has 0 radical (unpaired) electrons. The summed E-state index contributed by atoms with van der Waals surface area (Å²) in [6.07, 6.45) is 6.78. The Morgan fingerprint density at radius 1 is 1.00 bits per heavy atom. The van der Waals surface area contributed by atoms with Crippen LogP contribution in [0.5, 0.6) is 0 Å². The van der Waals surface area contributed by atoms with E-state index in [0.29, 0.717) is 0 Å². The van der Waals surface area contributed by atoms with Gasteiger partial charge in [-0.25, -0.2) is 0 Å². The number of hydrogen-bond acceptors (Lipinski definition) is 2. The van der Waals surface area contributed by atoms with Crippen LogP contribution in [0.25, 0.3) is 0 Å². The summed E-state index contributed by atoms with van der Waals surface area (Å²) in [6.45, 7) is 2.35.